The molecule has 1 atom stereocenters. The van der Waals surface area contributed by atoms with Crippen LogP contribution in [0.2, 0.25) is 0 Å². The van der Waals surface area contributed by atoms with Crippen LogP contribution in [0.15, 0.2) is 24.3 Å². The Bertz CT molecular complexity index is 598. The number of benzene rings is 1. The van der Waals surface area contributed by atoms with E-state index in [0.29, 0.717) is 12.6 Å². The molecule has 1 aliphatic heterocycles. The molecule has 2 aromatic rings. The normalized spacial score (nSPS) is 19.2. The number of piperazine rings is 1. The van der Waals surface area contributed by atoms with E-state index in [1.807, 2.05) is 6.07 Å². The predicted octanol–water partition coefficient (Wildman–Crippen LogP) is 1.30. The van der Waals surface area contributed by atoms with Crippen LogP contribution in [0.3, 0.4) is 0 Å². The maximum absolute atomic E-state index is 5.81. The third-order valence-electron chi connectivity index (χ3n) is 4.50. The van der Waals surface area contributed by atoms with Gasteiger partial charge in [-0.3, -0.25) is 4.90 Å². The largest absolute Gasteiger partial charge is 0.329 e. The van der Waals surface area contributed by atoms with E-state index in [1.54, 1.807) is 0 Å². The zero-order chi connectivity index (χ0) is 14.8. The summed E-state index contributed by atoms with van der Waals surface area (Å²) in [5, 5.41) is 0. The quantitative estimate of drug-likeness (QED) is 0.921. The zero-order valence-corrected chi connectivity index (χ0v) is 13.0. The van der Waals surface area contributed by atoms with Gasteiger partial charge in [0.1, 0.15) is 5.82 Å². The van der Waals surface area contributed by atoms with E-state index >= 15 is 0 Å². The fourth-order valence-corrected chi connectivity index (χ4v) is 3.15. The lowest BCUT2D eigenvalue weighted by Gasteiger charge is -2.36. The summed E-state index contributed by atoms with van der Waals surface area (Å²) in [5.41, 5.74) is 8.07. The molecular formula is C16H25N5. The molecule has 5 nitrogen and oxygen atoms in total. The van der Waals surface area contributed by atoms with Crippen LogP contribution >= 0.6 is 0 Å². The average Bonchev–Trinajstić information content (AvgIpc) is 2.87. The molecular weight excluding hydrogens is 262 g/mol. The molecule has 1 aromatic heterocycles. The molecule has 0 spiro atoms. The molecule has 21 heavy (non-hydrogen) atoms. The van der Waals surface area contributed by atoms with Gasteiger partial charge in [-0.15, -0.1) is 0 Å². The van der Waals surface area contributed by atoms with Crippen molar-refractivity contribution in [2.75, 3.05) is 39.8 Å². The summed E-state index contributed by atoms with van der Waals surface area (Å²) < 4.78 is 2.29. The lowest BCUT2D eigenvalue weighted by atomic mass is 10.2. The molecule has 1 unspecified atom stereocenters. The third kappa shape index (κ3) is 2.81. The Kier molecular flexibility index (Phi) is 4.24. The van der Waals surface area contributed by atoms with E-state index in [4.69, 9.17) is 10.7 Å². The first-order valence-electron chi connectivity index (χ1n) is 7.78. The minimum Gasteiger partial charge on any atom is -0.329 e. The molecule has 2 N–H and O–H groups in total. The molecule has 1 aromatic carbocycles. The fraction of sp³-hybridized carbons (Fsp3) is 0.562. The van der Waals surface area contributed by atoms with Gasteiger partial charge in [0.05, 0.1) is 17.1 Å². The van der Waals surface area contributed by atoms with Crippen LogP contribution in [-0.4, -0.2) is 59.1 Å². The van der Waals surface area contributed by atoms with Crippen molar-refractivity contribution in [3.05, 3.63) is 30.1 Å². The number of rotatable bonds is 4. The summed E-state index contributed by atoms with van der Waals surface area (Å²) in [5.74, 6) is 1.14. The number of nitrogens with zero attached hydrogens (tertiary/aromatic N) is 4. The summed E-state index contributed by atoms with van der Waals surface area (Å²) in [6.45, 7) is 8.19. The van der Waals surface area contributed by atoms with E-state index in [9.17, 15) is 0 Å². The first-order chi connectivity index (χ1) is 10.2. The summed E-state index contributed by atoms with van der Waals surface area (Å²) in [6.07, 6.45) is 0. The molecule has 0 radical (unpaired) electrons. The highest BCUT2D eigenvalue weighted by Gasteiger charge is 2.24. The molecule has 1 fully saturated rings. The lowest BCUT2D eigenvalue weighted by molar-refractivity contribution is 0.114. The van der Waals surface area contributed by atoms with Crippen molar-refractivity contribution in [2.45, 2.75) is 19.5 Å². The monoisotopic (exact) mass is 287 g/mol. The van der Waals surface area contributed by atoms with Crippen LogP contribution in [0.1, 0.15) is 18.8 Å². The molecule has 0 aliphatic carbocycles. The van der Waals surface area contributed by atoms with Gasteiger partial charge in [0.2, 0.25) is 0 Å². The molecule has 0 bridgehead atoms. The SMILES string of the molecule is CC(c1nc2ccccc2n1CCN)N1CCN(C)CC1. The Morgan fingerprint density at radius 2 is 1.90 bits per heavy atom. The number of aromatic nitrogens is 2. The van der Waals surface area contributed by atoms with Gasteiger partial charge in [0.25, 0.3) is 0 Å². The highest BCUT2D eigenvalue weighted by Crippen LogP contribution is 2.25. The number of nitrogens with two attached hydrogens (primary N) is 1. The Labute approximate surface area is 126 Å². The van der Waals surface area contributed by atoms with Gasteiger partial charge in [0, 0.05) is 39.3 Å². The highest BCUT2D eigenvalue weighted by atomic mass is 15.3. The van der Waals surface area contributed by atoms with Gasteiger partial charge in [-0.25, -0.2) is 4.98 Å². The molecule has 0 amide bonds. The molecule has 5 heteroatoms. The standard InChI is InChI=1S/C16H25N5/c1-13(20-11-9-19(2)10-12-20)16-18-14-5-3-4-6-15(14)21(16)8-7-17/h3-6,13H,7-12,17H2,1-2H3. The van der Waals surface area contributed by atoms with Crippen molar-refractivity contribution in [2.24, 2.45) is 5.73 Å². The Morgan fingerprint density at radius 1 is 1.19 bits per heavy atom. The van der Waals surface area contributed by atoms with Gasteiger partial charge in [0.15, 0.2) is 0 Å². The zero-order valence-electron chi connectivity index (χ0n) is 13.0. The number of hydrogen-bond donors (Lipinski definition) is 1. The first-order valence-corrected chi connectivity index (χ1v) is 7.78. The Morgan fingerprint density at radius 3 is 2.62 bits per heavy atom. The van der Waals surface area contributed by atoms with Gasteiger partial charge in [-0.05, 0) is 26.1 Å². The topological polar surface area (TPSA) is 50.3 Å². The van der Waals surface area contributed by atoms with E-state index in [-0.39, 0.29) is 0 Å². The smallest absolute Gasteiger partial charge is 0.127 e. The minimum absolute atomic E-state index is 0.331. The van der Waals surface area contributed by atoms with Crippen molar-refractivity contribution in [1.82, 2.24) is 19.4 Å². The number of para-hydroxylation sites is 2. The summed E-state index contributed by atoms with van der Waals surface area (Å²) in [4.78, 5) is 9.78. The molecule has 3 rings (SSSR count). The van der Waals surface area contributed by atoms with Gasteiger partial charge in [-0.1, -0.05) is 12.1 Å². The van der Waals surface area contributed by atoms with Crippen molar-refractivity contribution in [1.29, 1.82) is 0 Å². The van der Waals surface area contributed by atoms with Crippen LogP contribution < -0.4 is 5.73 Å². The number of imidazole rings is 1. The fourth-order valence-electron chi connectivity index (χ4n) is 3.15. The van der Waals surface area contributed by atoms with Gasteiger partial charge >= 0.3 is 0 Å². The maximum Gasteiger partial charge on any atom is 0.127 e. The van der Waals surface area contributed by atoms with E-state index in [1.165, 1.54) is 5.52 Å². The Hall–Kier alpha value is -1.43. The van der Waals surface area contributed by atoms with Crippen LogP contribution in [-0.2, 0) is 6.54 Å². The second-order valence-electron chi connectivity index (χ2n) is 5.91. The van der Waals surface area contributed by atoms with E-state index in [2.05, 4.69) is 46.5 Å². The van der Waals surface area contributed by atoms with Crippen molar-refractivity contribution >= 4 is 11.0 Å². The van der Waals surface area contributed by atoms with Crippen molar-refractivity contribution < 1.29 is 0 Å². The van der Waals surface area contributed by atoms with Crippen molar-refractivity contribution in [3.63, 3.8) is 0 Å². The minimum atomic E-state index is 0.331. The predicted molar refractivity (Wildman–Crippen MR) is 86.3 cm³/mol. The molecule has 114 valence electrons. The van der Waals surface area contributed by atoms with Crippen LogP contribution in [0, 0.1) is 0 Å². The second-order valence-corrected chi connectivity index (χ2v) is 5.91. The first kappa shape index (κ1) is 14.5. The van der Waals surface area contributed by atoms with Crippen LogP contribution in [0.4, 0.5) is 0 Å². The average molecular weight is 287 g/mol. The van der Waals surface area contributed by atoms with Gasteiger partial charge < -0.3 is 15.2 Å². The van der Waals surface area contributed by atoms with E-state index in [0.717, 1.165) is 44.1 Å². The lowest BCUT2D eigenvalue weighted by Crippen LogP contribution is -2.45. The van der Waals surface area contributed by atoms with Gasteiger partial charge in [-0.2, -0.15) is 0 Å². The summed E-state index contributed by atoms with van der Waals surface area (Å²) in [7, 11) is 2.19. The molecule has 2 heterocycles. The molecule has 1 aliphatic rings. The number of fused-ring (bicyclic) bond motifs is 1. The maximum atomic E-state index is 5.81. The number of likely N-dealkylation sites (N-methyl/N-ethyl adjacent to an activating group) is 1. The van der Waals surface area contributed by atoms with Crippen molar-refractivity contribution in [3.8, 4) is 0 Å². The van der Waals surface area contributed by atoms with E-state index < -0.39 is 0 Å². The molecule has 1 saturated heterocycles. The summed E-state index contributed by atoms with van der Waals surface area (Å²) >= 11 is 0. The summed E-state index contributed by atoms with van der Waals surface area (Å²) in [6, 6.07) is 8.67. The van der Waals surface area contributed by atoms with Crippen LogP contribution in [0.5, 0.6) is 0 Å². The highest BCUT2D eigenvalue weighted by molar-refractivity contribution is 5.76. The Balaban J connectivity index is 1.93. The second kappa shape index (κ2) is 6.13. The molecule has 0 saturated carbocycles. The number of hydrogen-bond acceptors (Lipinski definition) is 4. The van der Waals surface area contributed by atoms with Crippen LogP contribution in [0.25, 0.3) is 11.0 Å². The third-order valence-corrected chi connectivity index (χ3v) is 4.50.